The molecular weight excluding hydrogens is 384 g/mol. The monoisotopic (exact) mass is 410 g/mol. The molecule has 0 bridgehead atoms. The van der Waals surface area contributed by atoms with E-state index in [0.29, 0.717) is 0 Å². The Kier molecular flexibility index (Phi) is 6.18. The lowest BCUT2D eigenvalue weighted by Gasteiger charge is -2.35. The van der Waals surface area contributed by atoms with Crippen LogP contribution in [0.15, 0.2) is 60.0 Å². The largest absolute Gasteiger partial charge is 0.379 e. The van der Waals surface area contributed by atoms with Gasteiger partial charge < -0.3 is 9.30 Å². The van der Waals surface area contributed by atoms with Gasteiger partial charge in [-0.1, -0.05) is 19.1 Å². The smallest absolute Gasteiger partial charge is 0.0972 e. The summed E-state index contributed by atoms with van der Waals surface area (Å²) in [4.78, 5) is 12.2. The van der Waals surface area contributed by atoms with Crippen LogP contribution in [0.25, 0.3) is 22.5 Å². The number of imidazole rings is 1. The van der Waals surface area contributed by atoms with Crippen LogP contribution in [0, 0.1) is 0 Å². The van der Waals surface area contributed by atoms with E-state index in [4.69, 9.17) is 9.72 Å². The van der Waals surface area contributed by atoms with Gasteiger partial charge >= 0.3 is 0 Å². The quantitative estimate of drug-likeness (QED) is 0.622. The fourth-order valence-electron chi connectivity index (χ4n) is 3.92. The zero-order valence-electron chi connectivity index (χ0n) is 16.8. The van der Waals surface area contributed by atoms with E-state index in [-0.39, 0.29) is 6.17 Å². The predicted molar refractivity (Wildman–Crippen MR) is 115 cm³/mol. The van der Waals surface area contributed by atoms with Gasteiger partial charge in [-0.3, -0.25) is 14.1 Å². The molecule has 1 aromatic carbocycles. The van der Waals surface area contributed by atoms with Crippen molar-refractivity contribution in [3.63, 3.8) is 0 Å². The Hall–Kier alpha value is -2.35. The summed E-state index contributed by atoms with van der Waals surface area (Å²) < 4.78 is 19.9. The molecule has 152 valence electrons. The summed E-state index contributed by atoms with van der Waals surface area (Å²) in [5.74, 6) is 0. The molecule has 1 aliphatic heterocycles. The minimum atomic E-state index is -1.04. The van der Waals surface area contributed by atoms with E-state index in [2.05, 4.69) is 27.4 Å². The third kappa shape index (κ3) is 4.17. The minimum absolute atomic E-state index is 0.188. The van der Waals surface area contributed by atoms with Gasteiger partial charge in [0.1, 0.15) is 0 Å². The molecule has 0 amide bonds. The first-order valence-electron chi connectivity index (χ1n) is 9.92. The number of rotatable bonds is 6. The Morgan fingerprint density at radius 2 is 1.90 bits per heavy atom. The standard InChI is InChI=1S/C22H26N4O2S/c1-3-20(25-11-13-28-14-12-25)26-16-24-21(17-7-9-23-10-8-17)22(26)18-5-4-6-19(15-18)29(2)27/h4-10,15-16,20H,3,11-14H2,1-2H3. The molecule has 0 saturated carbocycles. The van der Waals surface area contributed by atoms with Crippen molar-refractivity contribution in [1.29, 1.82) is 0 Å². The summed E-state index contributed by atoms with van der Waals surface area (Å²) in [6, 6.07) is 11.9. The molecule has 1 aliphatic rings. The highest BCUT2D eigenvalue weighted by molar-refractivity contribution is 7.84. The molecular formula is C22H26N4O2S. The number of nitrogens with zero attached hydrogens (tertiary/aromatic N) is 4. The molecule has 0 spiro atoms. The lowest BCUT2D eigenvalue weighted by Crippen LogP contribution is -2.41. The van der Waals surface area contributed by atoms with Gasteiger partial charge in [0, 0.05) is 58.6 Å². The first-order valence-corrected chi connectivity index (χ1v) is 11.5. The van der Waals surface area contributed by atoms with Crippen molar-refractivity contribution in [1.82, 2.24) is 19.4 Å². The van der Waals surface area contributed by atoms with Crippen molar-refractivity contribution >= 4 is 10.8 Å². The molecule has 2 atom stereocenters. The van der Waals surface area contributed by atoms with E-state index in [1.54, 1.807) is 18.6 Å². The average Bonchev–Trinajstić information content (AvgIpc) is 3.20. The number of hydrogen-bond acceptors (Lipinski definition) is 5. The van der Waals surface area contributed by atoms with E-state index in [1.165, 1.54) is 0 Å². The van der Waals surface area contributed by atoms with Gasteiger partial charge in [-0.2, -0.15) is 0 Å². The maximum atomic E-state index is 12.1. The van der Waals surface area contributed by atoms with Crippen molar-refractivity contribution in [2.45, 2.75) is 24.4 Å². The second-order valence-electron chi connectivity index (χ2n) is 7.10. The maximum absolute atomic E-state index is 12.1. The summed E-state index contributed by atoms with van der Waals surface area (Å²) >= 11 is 0. The highest BCUT2D eigenvalue weighted by atomic mass is 32.2. The van der Waals surface area contributed by atoms with E-state index in [9.17, 15) is 4.21 Å². The maximum Gasteiger partial charge on any atom is 0.0972 e. The second-order valence-corrected chi connectivity index (χ2v) is 8.48. The zero-order valence-corrected chi connectivity index (χ0v) is 17.6. The Labute approximate surface area is 174 Å². The van der Waals surface area contributed by atoms with Gasteiger partial charge in [0.15, 0.2) is 0 Å². The summed E-state index contributed by atoms with van der Waals surface area (Å²) in [5.41, 5.74) is 4.00. The molecule has 1 fully saturated rings. The molecule has 6 nitrogen and oxygen atoms in total. The summed E-state index contributed by atoms with van der Waals surface area (Å²) in [6.07, 6.45) is 8.36. The van der Waals surface area contributed by atoms with E-state index >= 15 is 0 Å². The van der Waals surface area contributed by atoms with Crippen molar-refractivity contribution in [2.24, 2.45) is 0 Å². The van der Waals surface area contributed by atoms with Crippen molar-refractivity contribution in [3.8, 4) is 22.5 Å². The SMILES string of the molecule is CCC(N1CCOCC1)n1cnc(-c2ccncc2)c1-c1cccc(S(C)=O)c1. The van der Waals surface area contributed by atoms with Gasteiger partial charge in [-0.15, -0.1) is 0 Å². The first-order chi connectivity index (χ1) is 14.2. The summed E-state index contributed by atoms with van der Waals surface area (Å²) in [6.45, 7) is 5.51. The van der Waals surface area contributed by atoms with Crippen LogP contribution >= 0.6 is 0 Å². The Bertz CT molecular complexity index is 983. The van der Waals surface area contributed by atoms with Crippen LogP contribution in [0.5, 0.6) is 0 Å². The molecule has 0 N–H and O–H groups in total. The summed E-state index contributed by atoms with van der Waals surface area (Å²) in [5, 5.41) is 0. The van der Waals surface area contributed by atoms with E-state index < -0.39 is 10.8 Å². The molecule has 2 aromatic heterocycles. The molecule has 0 aliphatic carbocycles. The van der Waals surface area contributed by atoms with Gasteiger partial charge in [0.25, 0.3) is 0 Å². The summed E-state index contributed by atoms with van der Waals surface area (Å²) in [7, 11) is -1.04. The third-order valence-electron chi connectivity index (χ3n) is 5.34. The molecule has 3 aromatic rings. The number of aromatic nitrogens is 3. The number of ether oxygens (including phenoxy) is 1. The first kappa shape index (κ1) is 19.9. The van der Waals surface area contributed by atoms with Gasteiger partial charge in [0.05, 0.1) is 37.1 Å². The number of pyridine rings is 1. The van der Waals surface area contributed by atoms with Crippen LogP contribution in [-0.4, -0.2) is 56.2 Å². The predicted octanol–water partition coefficient (Wildman–Crippen LogP) is 3.59. The van der Waals surface area contributed by atoms with Crippen LogP contribution in [0.4, 0.5) is 0 Å². The molecule has 0 radical (unpaired) electrons. The normalized spacial score (nSPS) is 17.2. The number of hydrogen-bond donors (Lipinski definition) is 0. The minimum Gasteiger partial charge on any atom is -0.379 e. The molecule has 4 rings (SSSR count). The van der Waals surface area contributed by atoms with Crippen molar-refractivity contribution < 1.29 is 8.95 Å². The van der Waals surface area contributed by atoms with Gasteiger partial charge in [-0.05, 0) is 30.7 Å². The van der Waals surface area contributed by atoms with Gasteiger partial charge in [0.2, 0.25) is 0 Å². The molecule has 3 heterocycles. The lowest BCUT2D eigenvalue weighted by atomic mass is 10.1. The fourth-order valence-corrected chi connectivity index (χ4v) is 4.49. The lowest BCUT2D eigenvalue weighted by molar-refractivity contribution is -0.00228. The van der Waals surface area contributed by atoms with E-state index in [0.717, 1.165) is 60.1 Å². The van der Waals surface area contributed by atoms with Crippen LogP contribution in [0.1, 0.15) is 19.5 Å². The van der Waals surface area contributed by atoms with Crippen LogP contribution in [0.2, 0.25) is 0 Å². The second kappa shape index (κ2) is 8.98. The Balaban J connectivity index is 1.87. The Morgan fingerprint density at radius 1 is 1.14 bits per heavy atom. The highest BCUT2D eigenvalue weighted by Gasteiger charge is 2.25. The molecule has 7 heteroatoms. The fraction of sp³-hybridized carbons (Fsp3) is 0.364. The van der Waals surface area contributed by atoms with Crippen LogP contribution in [0.3, 0.4) is 0 Å². The van der Waals surface area contributed by atoms with Gasteiger partial charge in [-0.25, -0.2) is 4.98 Å². The topological polar surface area (TPSA) is 60.2 Å². The van der Waals surface area contributed by atoms with E-state index in [1.807, 2.05) is 36.7 Å². The number of morpholine rings is 1. The number of benzene rings is 1. The molecule has 2 unspecified atom stereocenters. The Morgan fingerprint density at radius 3 is 2.59 bits per heavy atom. The molecule has 29 heavy (non-hydrogen) atoms. The van der Waals surface area contributed by atoms with Crippen molar-refractivity contribution in [2.75, 3.05) is 32.6 Å². The average molecular weight is 411 g/mol. The third-order valence-corrected chi connectivity index (χ3v) is 6.26. The zero-order chi connectivity index (χ0) is 20.2. The van der Waals surface area contributed by atoms with Crippen LogP contribution < -0.4 is 0 Å². The highest BCUT2D eigenvalue weighted by Crippen LogP contribution is 2.35. The molecule has 1 saturated heterocycles. The van der Waals surface area contributed by atoms with Crippen molar-refractivity contribution in [3.05, 3.63) is 55.1 Å². The van der Waals surface area contributed by atoms with Crippen LogP contribution in [-0.2, 0) is 15.5 Å².